The molecule has 0 spiro atoms. The number of nitrogens with zero attached hydrogens (tertiary/aromatic N) is 1. The summed E-state index contributed by atoms with van der Waals surface area (Å²) in [7, 11) is 0. The van der Waals surface area contributed by atoms with E-state index >= 15 is 0 Å². The minimum Gasteiger partial charge on any atom is -0.481 e. The largest absolute Gasteiger partial charge is 0.481 e. The van der Waals surface area contributed by atoms with Crippen molar-refractivity contribution in [1.82, 2.24) is 5.43 Å². The highest BCUT2D eigenvalue weighted by Gasteiger charge is 2.14. The van der Waals surface area contributed by atoms with Gasteiger partial charge in [0.2, 0.25) is 0 Å². The normalized spacial score (nSPS) is 11.9. The van der Waals surface area contributed by atoms with Crippen molar-refractivity contribution in [3.05, 3.63) is 65.2 Å². The average molecular weight is 326 g/mol. The second-order valence-corrected chi connectivity index (χ2v) is 5.19. The Hall–Kier alpha value is -3.15. The molecule has 0 heterocycles. The van der Waals surface area contributed by atoms with Crippen LogP contribution in [0.3, 0.4) is 0 Å². The number of aromatic carboxylic acids is 1. The van der Waals surface area contributed by atoms with Crippen molar-refractivity contribution in [2.24, 2.45) is 5.10 Å². The van der Waals surface area contributed by atoms with Crippen LogP contribution in [0.15, 0.2) is 53.6 Å². The number of hydrogen-bond acceptors (Lipinski definition) is 4. The third-order valence-corrected chi connectivity index (χ3v) is 3.31. The van der Waals surface area contributed by atoms with E-state index in [1.165, 1.54) is 18.3 Å². The SMILES string of the molecule is Cc1ccccc1O[C@H](C)C(=O)N/N=C\c1ccc(C(=O)O)cc1. The van der Waals surface area contributed by atoms with Gasteiger partial charge in [0.05, 0.1) is 11.8 Å². The molecule has 0 bridgehead atoms. The first kappa shape index (κ1) is 17.2. The maximum Gasteiger partial charge on any atom is 0.335 e. The van der Waals surface area contributed by atoms with E-state index in [2.05, 4.69) is 10.5 Å². The summed E-state index contributed by atoms with van der Waals surface area (Å²) in [4.78, 5) is 22.7. The molecule has 0 fully saturated rings. The van der Waals surface area contributed by atoms with Crippen molar-refractivity contribution in [2.45, 2.75) is 20.0 Å². The van der Waals surface area contributed by atoms with Gasteiger partial charge in [0.25, 0.3) is 5.91 Å². The average Bonchev–Trinajstić information content (AvgIpc) is 2.57. The third kappa shape index (κ3) is 4.67. The van der Waals surface area contributed by atoms with Crippen molar-refractivity contribution in [1.29, 1.82) is 0 Å². The van der Waals surface area contributed by atoms with Crippen LogP contribution in [0, 0.1) is 6.92 Å². The fourth-order valence-electron chi connectivity index (χ4n) is 1.91. The van der Waals surface area contributed by atoms with Crippen LogP contribution >= 0.6 is 0 Å². The zero-order chi connectivity index (χ0) is 17.5. The van der Waals surface area contributed by atoms with E-state index in [9.17, 15) is 9.59 Å². The van der Waals surface area contributed by atoms with Crippen LogP contribution < -0.4 is 10.2 Å². The van der Waals surface area contributed by atoms with Gasteiger partial charge in [-0.2, -0.15) is 5.10 Å². The Balaban J connectivity index is 1.89. The molecular weight excluding hydrogens is 308 g/mol. The molecule has 2 rings (SSSR count). The van der Waals surface area contributed by atoms with Crippen LogP contribution in [0.2, 0.25) is 0 Å². The molecule has 0 aliphatic carbocycles. The number of para-hydroxylation sites is 1. The number of benzene rings is 2. The first-order valence-corrected chi connectivity index (χ1v) is 7.36. The Kier molecular flexibility index (Phi) is 5.68. The second-order valence-electron chi connectivity index (χ2n) is 5.19. The number of carbonyl (C=O) groups excluding carboxylic acids is 1. The molecule has 0 aliphatic rings. The van der Waals surface area contributed by atoms with Crippen molar-refractivity contribution in [2.75, 3.05) is 0 Å². The number of aryl methyl sites for hydroxylation is 1. The highest BCUT2D eigenvalue weighted by Crippen LogP contribution is 2.17. The summed E-state index contributed by atoms with van der Waals surface area (Å²) < 4.78 is 5.60. The monoisotopic (exact) mass is 326 g/mol. The summed E-state index contributed by atoms with van der Waals surface area (Å²) in [6, 6.07) is 13.6. The van der Waals surface area contributed by atoms with E-state index in [4.69, 9.17) is 9.84 Å². The van der Waals surface area contributed by atoms with Crippen LogP contribution in [-0.4, -0.2) is 29.3 Å². The smallest absolute Gasteiger partial charge is 0.335 e. The number of rotatable bonds is 6. The predicted octanol–water partition coefficient (Wildman–Crippen LogP) is 2.61. The van der Waals surface area contributed by atoms with E-state index in [0.717, 1.165) is 5.56 Å². The van der Waals surface area contributed by atoms with Crippen molar-refractivity contribution < 1.29 is 19.4 Å². The molecule has 2 aromatic carbocycles. The molecule has 2 N–H and O–H groups in total. The molecule has 6 heteroatoms. The van der Waals surface area contributed by atoms with Gasteiger partial charge >= 0.3 is 5.97 Å². The van der Waals surface area contributed by atoms with Gasteiger partial charge in [-0.1, -0.05) is 30.3 Å². The summed E-state index contributed by atoms with van der Waals surface area (Å²) in [5, 5.41) is 12.7. The quantitative estimate of drug-likeness (QED) is 0.631. The summed E-state index contributed by atoms with van der Waals surface area (Å²) in [6.45, 7) is 3.54. The van der Waals surface area contributed by atoms with Gasteiger partial charge in [0, 0.05) is 0 Å². The van der Waals surface area contributed by atoms with Gasteiger partial charge in [-0.15, -0.1) is 0 Å². The highest BCUT2D eigenvalue weighted by atomic mass is 16.5. The Labute approximate surface area is 139 Å². The fraction of sp³-hybridized carbons (Fsp3) is 0.167. The van der Waals surface area contributed by atoms with Crippen LogP contribution in [0.5, 0.6) is 5.75 Å². The molecule has 0 unspecified atom stereocenters. The molecule has 0 radical (unpaired) electrons. The zero-order valence-corrected chi connectivity index (χ0v) is 13.4. The molecule has 24 heavy (non-hydrogen) atoms. The Morgan fingerprint density at radius 2 is 1.83 bits per heavy atom. The van der Waals surface area contributed by atoms with Crippen molar-refractivity contribution in [3.8, 4) is 5.75 Å². The minimum absolute atomic E-state index is 0.191. The van der Waals surface area contributed by atoms with Gasteiger partial charge in [-0.25, -0.2) is 10.2 Å². The number of ether oxygens (including phenoxy) is 1. The zero-order valence-electron chi connectivity index (χ0n) is 13.4. The van der Waals surface area contributed by atoms with E-state index in [-0.39, 0.29) is 11.5 Å². The van der Waals surface area contributed by atoms with E-state index < -0.39 is 12.1 Å². The number of amides is 1. The topological polar surface area (TPSA) is 88.0 Å². The van der Waals surface area contributed by atoms with Crippen LogP contribution in [0.25, 0.3) is 0 Å². The number of carbonyl (C=O) groups is 2. The van der Waals surface area contributed by atoms with Crippen LogP contribution in [0.1, 0.15) is 28.4 Å². The lowest BCUT2D eigenvalue weighted by Crippen LogP contribution is -2.33. The summed E-state index contributed by atoms with van der Waals surface area (Å²) >= 11 is 0. The van der Waals surface area contributed by atoms with E-state index in [0.29, 0.717) is 11.3 Å². The van der Waals surface area contributed by atoms with Crippen molar-refractivity contribution in [3.63, 3.8) is 0 Å². The number of carboxylic acids is 1. The number of nitrogens with one attached hydrogen (secondary N) is 1. The Morgan fingerprint density at radius 3 is 2.46 bits per heavy atom. The molecule has 0 saturated heterocycles. The number of hydrogen-bond donors (Lipinski definition) is 2. The molecular formula is C18H18N2O4. The van der Waals surface area contributed by atoms with Gasteiger partial charge in [-0.3, -0.25) is 4.79 Å². The predicted molar refractivity (Wildman–Crippen MR) is 90.4 cm³/mol. The van der Waals surface area contributed by atoms with Gasteiger partial charge in [0.1, 0.15) is 5.75 Å². The van der Waals surface area contributed by atoms with Gasteiger partial charge in [-0.05, 0) is 43.2 Å². The summed E-state index contributed by atoms with van der Waals surface area (Å²) in [5.41, 5.74) is 4.21. The molecule has 6 nitrogen and oxygen atoms in total. The fourth-order valence-corrected chi connectivity index (χ4v) is 1.91. The number of hydrazone groups is 1. The lowest BCUT2D eigenvalue weighted by atomic mass is 10.1. The molecule has 1 atom stereocenters. The summed E-state index contributed by atoms with van der Waals surface area (Å²) in [5.74, 6) is -0.723. The Morgan fingerprint density at radius 1 is 1.17 bits per heavy atom. The minimum atomic E-state index is -0.992. The summed E-state index contributed by atoms with van der Waals surface area (Å²) in [6.07, 6.45) is 0.738. The van der Waals surface area contributed by atoms with E-state index in [1.807, 2.05) is 25.1 Å². The van der Waals surface area contributed by atoms with Gasteiger partial charge < -0.3 is 9.84 Å². The van der Waals surface area contributed by atoms with Crippen LogP contribution in [0.4, 0.5) is 0 Å². The van der Waals surface area contributed by atoms with E-state index in [1.54, 1.807) is 25.1 Å². The number of carboxylic acid groups (broad SMARTS) is 1. The maximum atomic E-state index is 12.0. The molecule has 0 saturated carbocycles. The molecule has 2 aromatic rings. The highest BCUT2D eigenvalue weighted by molar-refractivity contribution is 5.89. The first-order valence-electron chi connectivity index (χ1n) is 7.36. The Bertz CT molecular complexity index is 754. The van der Waals surface area contributed by atoms with Crippen molar-refractivity contribution >= 4 is 18.1 Å². The molecule has 1 amide bonds. The molecule has 0 aromatic heterocycles. The third-order valence-electron chi connectivity index (χ3n) is 3.31. The van der Waals surface area contributed by atoms with Gasteiger partial charge in [0.15, 0.2) is 6.10 Å². The second kappa shape index (κ2) is 7.92. The lowest BCUT2D eigenvalue weighted by molar-refractivity contribution is -0.127. The standard InChI is InChI=1S/C18H18N2O4/c1-12-5-3-4-6-16(12)24-13(2)17(21)20-19-11-14-7-9-15(10-8-14)18(22)23/h3-11,13H,1-2H3,(H,20,21)(H,22,23)/b19-11-/t13-/m1/s1. The van der Waals surface area contributed by atoms with Crippen LogP contribution in [-0.2, 0) is 4.79 Å². The molecule has 0 aliphatic heterocycles. The molecule has 124 valence electrons. The first-order chi connectivity index (χ1) is 11.5. The maximum absolute atomic E-state index is 12.0. The lowest BCUT2D eigenvalue weighted by Gasteiger charge is -2.14.